The van der Waals surface area contributed by atoms with Crippen molar-refractivity contribution in [2.45, 2.75) is 40.4 Å². The third-order valence-electron chi connectivity index (χ3n) is 3.05. The Morgan fingerprint density at radius 3 is 2.06 bits per heavy atom. The van der Waals surface area contributed by atoms with Gasteiger partial charge in [0.05, 0.1) is 0 Å². The number of hydrogen-bond acceptors (Lipinski definition) is 2. The minimum atomic E-state index is -1.43. The lowest BCUT2D eigenvalue weighted by molar-refractivity contribution is 0.112. The van der Waals surface area contributed by atoms with Gasteiger partial charge in [0.1, 0.15) is 8.07 Å². The van der Waals surface area contributed by atoms with Gasteiger partial charge in [-0.25, -0.2) is 0 Å². The van der Waals surface area contributed by atoms with Crippen LogP contribution in [0, 0.1) is 32.2 Å². The zero-order chi connectivity index (χ0) is 14.1. The summed E-state index contributed by atoms with van der Waals surface area (Å²) < 4.78 is 0. The van der Waals surface area contributed by atoms with Crippen molar-refractivity contribution in [1.29, 1.82) is 0 Å². The van der Waals surface area contributed by atoms with Gasteiger partial charge in [0.2, 0.25) is 0 Å². The highest BCUT2D eigenvalue weighted by molar-refractivity contribution is 6.83. The van der Waals surface area contributed by atoms with Crippen molar-refractivity contribution >= 4 is 20.0 Å². The van der Waals surface area contributed by atoms with Crippen LogP contribution in [0.4, 0.5) is 5.69 Å². The van der Waals surface area contributed by atoms with Gasteiger partial charge in [0, 0.05) is 16.8 Å². The Labute approximate surface area is 111 Å². The van der Waals surface area contributed by atoms with Gasteiger partial charge in [-0.05, 0) is 37.5 Å². The fraction of sp³-hybridized carbons (Fsp3) is 0.400. The summed E-state index contributed by atoms with van der Waals surface area (Å²) in [5.41, 5.74) is 14.5. The van der Waals surface area contributed by atoms with Crippen molar-refractivity contribution in [3.63, 3.8) is 0 Å². The van der Waals surface area contributed by atoms with Crippen molar-refractivity contribution in [3.8, 4) is 11.5 Å². The molecule has 0 unspecified atom stereocenters. The zero-order valence-corrected chi connectivity index (χ0v) is 13.1. The average molecular weight is 259 g/mol. The molecular formula is C15H21NOSi. The normalized spacial score (nSPS) is 10.8. The maximum atomic E-state index is 11.2. The summed E-state index contributed by atoms with van der Waals surface area (Å²) >= 11 is 0. The molecule has 1 aromatic carbocycles. The molecule has 0 aromatic heterocycles. The largest absolute Gasteiger partial charge is 0.398 e. The number of anilines is 1. The van der Waals surface area contributed by atoms with Gasteiger partial charge < -0.3 is 5.73 Å². The Balaban J connectivity index is 3.59. The molecule has 0 aliphatic carbocycles. The lowest BCUT2D eigenvalue weighted by Crippen LogP contribution is -2.16. The van der Waals surface area contributed by atoms with Gasteiger partial charge in [0.15, 0.2) is 6.29 Å². The van der Waals surface area contributed by atoms with Crippen LogP contribution in [-0.2, 0) is 0 Å². The van der Waals surface area contributed by atoms with Gasteiger partial charge in [-0.1, -0.05) is 25.6 Å². The number of hydrogen-bond donors (Lipinski definition) is 1. The van der Waals surface area contributed by atoms with E-state index in [1.54, 1.807) is 0 Å². The second-order valence-electron chi connectivity index (χ2n) is 5.70. The summed E-state index contributed by atoms with van der Waals surface area (Å²) in [6.07, 6.45) is 0.875. The average Bonchev–Trinajstić information content (AvgIpc) is 2.25. The molecule has 3 heteroatoms. The van der Waals surface area contributed by atoms with Gasteiger partial charge >= 0.3 is 0 Å². The molecule has 0 heterocycles. The molecule has 1 rings (SSSR count). The van der Waals surface area contributed by atoms with Crippen LogP contribution in [0.15, 0.2) is 0 Å². The highest BCUT2D eigenvalue weighted by atomic mass is 28.3. The van der Waals surface area contributed by atoms with Crippen LogP contribution in [0.2, 0.25) is 19.6 Å². The molecule has 0 saturated heterocycles. The Morgan fingerprint density at radius 1 is 1.06 bits per heavy atom. The van der Waals surface area contributed by atoms with Crippen LogP contribution in [-0.4, -0.2) is 14.4 Å². The van der Waals surface area contributed by atoms with E-state index < -0.39 is 8.07 Å². The highest BCUT2D eigenvalue weighted by Crippen LogP contribution is 2.27. The molecular weight excluding hydrogens is 238 g/mol. The molecule has 2 N–H and O–H groups in total. The fourth-order valence-electron chi connectivity index (χ4n) is 1.87. The van der Waals surface area contributed by atoms with Crippen LogP contribution in [0.3, 0.4) is 0 Å². The van der Waals surface area contributed by atoms with Crippen LogP contribution >= 0.6 is 0 Å². The number of nitrogen functional groups attached to an aromatic ring is 1. The first-order valence-electron chi connectivity index (χ1n) is 6.06. The van der Waals surface area contributed by atoms with E-state index in [0.717, 1.165) is 28.5 Å². The summed E-state index contributed by atoms with van der Waals surface area (Å²) in [7, 11) is -1.43. The van der Waals surface area contributed by atoms with Crippen LogP contribution in [0.5, 0.6) is 0 Å². The maximum absolute atomic E-state index is 11.2. The number of carbonyl (C=O) groups is 1. The molecule has 96 valence electrons. The van der Waals surface area contributed by atoms with Crippen molar-refractivity contribution in [2.24, 2.45) is 0 Å². The molecule has 0 amide bonds. The van der Waals surface area contributed by atoms with E-state index in [1.165, 1.54) is 0 Å². The Hall–Kier alpha value is -1.53. The topological polar surface area (TPSA) is 43.1 Å². The molecule has 1 aromatic rings. The van der Waals surface area contributed by atoms with Crippen molar-refractivity contribution in [3.05, 3.63) is 27.8 Å². The predicted octanol–water partition coefficient (Wildman–Crippen LogP) is 3.24. The van der Waals surface area contributed by atoms with E-state index in [4.69, 9.17) is 5.73 Å². The molecule has 2 nitrogen and oxygen atoms in total. The predicted molar refractivity (Wildman–Crippen MR) is 80.7 cm³/mol. The third kappa shape index (κ3) is 2.83. The Bertz CT molecular complexity index is 557. The maximum Gasteiger partial charge on any atom is 0.150 e. The van der Waals surface area contributed by atoms with E-state index in [1.807, 2.05) is 20.8 Å². The zero-order valence-electron chi connectivity index (χ0n) is 12.1. The van der Waals surface area contributed by atoms with Crippen molar-refractivity contribution in [1.82, 2.24) is 0 Å². The molecule has 0 saturated carbocycles. The van der Waals surface area contributed by atoms with Crippen LogP contribution in [0.25, 0.3) is 0 Å². The quantitative estimate of drug-likeness (QED) is 0.364. The first kappa shape index (κ1) is 14.5. The van der Waals surface area contributed by atoms with E-state index >= 15 is 0 Å². The molecule has 18 heavy (non-hydrogen) atoms. The summed E-state index contributed by atoms with van der Waals surface area (Å²) in [6, 6.07) is 0. The number of rotatable bonds is 1. The third-order valence-corrected chi connectivity index (χ3v) is 3.92. The summed E-state index contributed by atoms with van der Waals surface area (Å²) in [5, 5.41) is 0. The lowest BCUT2D eigenvalue weighted by atomic mass is 9.92. The van der Waals surface area contributed by atoms with Crippen molar-refractivity contribution in [2.75, 3.05) is 5.73 Å². The summed E-state index contributed by atoms with van der Waals surface area (Å²) in [6.45, 7) is 12.4. The summed E-state index contributed by atoms with van der Waals surface area (Å²) in [5.74, 6) is 3.24. The standard InChI is InChI=1S/C15H21NOSi/c1-10-13(7-8-18(4,5)6)11(2)15(16)12(3)14(10)9-17/h9H,16H2,1-6H3. The number of aldehydes is 1. The molecule has 0 aliphatic rings. The highest BCUT2D eigenvalue weighted by Gasteiger charge is 2.14. The van der Waals surface area contributed by atoms with E-state index in [2.05, 4.69) is 31.1 Å². The Kier molecular flexibility index (Phi) is 4.03. The molecule has 0 spiro atoms. The number of carbonyl (C=O) groups excluding carboxylic acids is 1. The molecule has 0 bridgehead atoms. The SMILES string of the molecule is Cc1c(N)c(C)c(C=O)c(C)c1C#C[Si](C)(C)C. The Morgan fingerprint density at radius 2 is 1.61 bits per heavy atom. The molecule has 0 aliphatic heterocycles. The van der Waals surface area contributed by atoms with Gasteiger partial charge in [-0.15, -0.1) is 5.54 Å². The summed E-state index contributed by atoms with van der Waals surface area (Å²) in [4.78, 5) is 11.2. The van der Waals surface area contributed by atoms with Gasteiger partial charge in [0.25, 0.3) is 0 Å². The van der Waals surface area contributed by atoms with Crippen LogP contribution in [0.1, 0.15) is 32.6 Å². The van der Waals surface area contributed by atoms with Crippen molar-refractivity contribution < 1.29 is 4.79 Å². The number of benzene rings is 1. The smallest absolute Gasteiger partial charge is 0.150 e. The first-order chi connectivity index (χ1) is 8.19. The monoisotopic (exact) mass is 259 g/mol. The van der Waals surface area contributed by atoms with E-state index in [-0.39, 0.29) is 0 Å². The fourth-order valence-corrected chi connectivity index (χ4v) is 2.37. The van der Waals surface area contributed by atoms with Gasteiger partial charge in [-0.2, -0.15) is 0 Å². The number of nitrogens with two attached hydrogens (primary N) is 1. The van der Waals surface area contributed by atoms with E-state index in [0.29, 0.717) is 11.3 Å². The first-order valence-corrected chi connectivity index (χ1v) is 9.56. The van der Waals surface area contributed by atoms with Gasteiger partial charge in [-0.3, -0.25) is 4.79 Å². The van der Waals surface area contributed by atoms with Crippen LogP contribution < -0.4 is 5.73 Å². The molecule has 0 radical (unpaired) electrons. The minimum absolute atomic E-state index is 0.679. The minimum Gasteiger partial charge on any atom is -0.398 e. The lowest BCUT2D eigenvalue weighted by Gasteiger charge is -2.14. The van der Waals surface area contributed by atoms with E-state index in [9.17, 15) is 4.79 Å². The molecule has 0 atom stereocenters. The second kappa shape index (κ2) is 4.99. The second-order valence-corrected chi connectivity index (χ2v) is 10.4. The molecule has 0 fully saturated rings.